The number of rotatable bonds is 4. The Kier molecular flexibility index (Phi) is 6.51. The summed E-state index contributed by atoms with van der Waals surface area (Å²) in [5.41, 5.74) is 5.04. The number of carbonyl (C=O) groups excluding carboxylic acids is 1. The van der Waals surface area contributed by atoms with E-state index in [-0.39, 0.29) is 36.8 Å². The molecule has 7 heteroatoms. The average Bonchev–Trinajstić information content (AvgIpc) is 2.42. The van der Waals surface area contributed by atoms with Crippen molar-refractivity contribution in [2.45, 2.75) is 24.8 Å². The molecule has 2 rings (SSSR count). The monoisotopic (exact) mass is 320 g/mol. The smallest absolute Gasteiger partial charge is 0.240 e. The zero-order valence-corrected chi connectivity index (χ0v) is 12.3. The molecule has 0 radical (unpaired) electrons. The van der Waals surface area contributed by atoms with Gasteiger partial charge in [0.15, 0.2) is 0 Å². The Morgan fingerprint density at radius 1 is 1.29 bits per heavy atom. The van der Waals surface area contributed by atoms with Gasteiger partial charge in [0.25, 0.3) is 0 Å². The Morgan fingerprint density at radius 2 is 1.86 bits per heavy atom. The van der Waals surface area contributed by atoms with E-state index in [4.69, 9.17) is 10.5 Å². The fourth-order valence-electron chi connectivity index (χ4n) is 2.21. The first-order chi connectivity index (χ1) is 9.53. The molecular weight excluding hydrogens is 302 g/mol. The normalized spacial score (nSPS) is 16.9. The van der Waals surface area contributed by atoms with E-state index < -0.39 is 17.2 Å². The van der Waals surface area contributed by atoms with Crippen LogP contribution in [0.15, 0.2) is 18.2 Å². The van der Waals surface area contributed by atoms with Crippen LogP contribution in [0, 0.1) is 11.6 Å². The maximum Gasteiger partial charge on any atom is 0.240 e. The van der Waals surface area contributed by atoms with E-state index >= 15 is 0 Å². The number of benzene rings is 1. The molecule has 0 aliphatic carbocycles. The van der Waals surface area contributed by atoms with Gasteiger partial charge in [-0.1, -0.05) is 6.07 Å². The molecule has 1 heterocycles. The average molecular weight is 321 g/mol. The van der Waals surface area contributed by atoms with Crippen molar-refractivity contribution >= 4 is 18.3 Å². The quantitative estimate of drug-likeness (QED) is 0.885. The molecule has 118 valence electrons. The van der Waals surface area contributed by atoms with E-state index in [1.165, 1.54) is 18.2 Å². The zero-order valence-electron chi connectivity index (χ0n) is 11.5. The van der Waals surface area contributed by atoms with Crippen molar-refractivity contribution in [2.24, 2.45) is 5.73 Å². The van der Waals surface area contributed by atoms with Gasteiger partial charge >= 0.3 is 0 Å². The van der Waals surface area contributed by atoms with E-state index in [1.54, 1.807) is 0 Å². The minimum Gasteiger partial charge on any atom is -0.381 e. The van der Waals surface area contributed by atoms with Crippen LogP contribution >= 0.6 is 12.4 Å². The number of halogens is 3. The van der Waals surface area contributed by atoms with Crippen molar-refractivity contribution in [1.29, 1.82) is 0 Å². The van der Waals surface area contributed by atoms with Gasteiger partial charge in [0.2, 0.25) is 5.91 Å². The Hall–Kier alpha value is -1.24. The van der Waals surface area contributed by atoms with E-state index in [2.05, 4.69) is 5.32 Å². The summed E-state index contributed by atoms with van der Waals surface area (Å²) in [7, 11) is 0. The van der Waals surface area contributed by atoms with Crippen molar-refractivity contribution in [3.8, 4) is 0 Å². The third kappa shape index (κ3) is 4.36. The van der Waals surface area contributed by atoms with Crippen molar-refractivity contribution in [1.82, 2.24) is 5.32 Å². The van der Waals surface area contributed by atoms with Gasteiger partial charge < -0.3 is 15.8 Å². The number of nitrogens with one attached hydrogen (secondary N) is 1. The lowest BCUT2D eigenvalue weighted by Gasteiger charge is -2.31. The van der Waals surface area contributed by atoms with Gasteiger partial charge in [-0.2, -0.15) is 0 Å². The minimum absolute atomic E-state index is 0. The lowest BCUT2D eigenvalue weighted by molar-refractivity contribution is -0.129. The summed E-state index contributed by atoms with van der Waals surface area (Å²) < 4.78 is 32.0. The number of ether oxygens (including phenoxy) is 1. The maximum absolute atomic E-state index is 13.4. The molecule has 3 N–H and O–H groups in total. The van der Waals surface area contributed by atoms with Crippen LogP contribution in [0.4, 0.5) is 8.78 Å². The second-order valence-corrected chi connectivity index (χ2v) is 4.97. The lowest BCUT2D eigenvalue weighted by atomic mass is 9.90. The molecule has 1 saturated heterocycles. The van der Waals surface area contributed by atoms with Crippen LogP contribution in [0.5, 0.6) is 0 Å². The lowest BCUT2D eigenvalue weighted by Crippen LogP contribution is -2.57. The molecule has 1 aromatic rings. The molecule has 0 atom stereocenters. The standard InChI is InChI=1S/C14H18F2N2O2.ClH/c15-11-2-1-3-12(16)10(11)4-7-18-13(19)14(17)5-8-20-9-6-14;/h1-3H,4-9,17H2,(H,18,19);1H. The molecule has 21 heavy (non-hydrogen) atoms. The van der Waals surface area contributed by atoms with Crippen LogP contribution in [0.25, 0.3) is 0 Å². The second kappa shape index (κ2) is 7.68. The number of amides is 1. The summed E-state index contributed by atoms with van der Waals surface area (Å²) >= 11 is 0. The minimum atomic E-state index is -0.938. The van der Waals surface area contributed by atoms with Gasteiger partial charge in [0.1, 0.15) is 11.6 Å². The molecule has 0 bridgehead atoms. The molecule has 0 aromatic heterocycles. The predicted molar refractivity (Wildman–Crippen MR) is 77.3 cm³/mol. The van der Waals surface area contributed by atoms with Crippen molar-refractivity contribution < 1.29 is 18.3 Å². The summed E-state index contributed by atoms with van der Waals surface area (Å²) in [5, 5.41) is 2.64. The number of carbonyl (C=O) groups is 1. The highest BCUT2D eigenvalue weighted by Crippen LogP contribution is 2.18. The Morgan fingerprint density at radius 3 is 2.43 bits per heavy atom. The van der Waals surface area contributed by atoms with Gasteiger partial charge in [-0.3, -0.25) is 4.79 Å². The molecule has 1 amide bonds. The summed E-state index contributed by atoms with van der Waals surface area (Å²) in [5.74, 6) is -1.50. The number of hydrogen-bond acceptors (Lipinski definition) is 3. The van der Waals surface area contributed by atoms with E-state index in [0.29, 0.717) is 26.1 Å². The Labute approximate surface area is 128 Å². The van der Waals surface area contributed by atoms with E-state index in [9.17, 15) is 13.6 Å². The van der Waals surface area contributed by atoms with Gasteiger partial charge in [0.05, 0.1) is 5.54 Å². The topological polar surface area (TPSA) is 64.4 Å². The van der Waals surface area contributed by atoms with Gasteiger partial charge in [-0.05, 0) is 31.4 Å². The van der Waals surface area contributed by atoms with Crippen LogP contribution in [-0.4, -0.2) is 31.2 Å². The highest BCUT2D eigenvalue weighted by atomic mass is 35.5. The Balaban J connectivity index is 0.00000220. The van der Waals surface area contributed by atoms with Gasteiger partial charge in [-0.25, -0.2) is 8.78 Å². The Bertz CT molecular complexity index is 474. The summed E-state index contributed by atoms with van der Waals surface area (Å²) in [6, 6.07) is 3.70. The van der Waals surface area contributed by atoms with Crippen molar-refractivity contribution in [2.75, 3.05) is 19.8 Å². The molecule has 4 nitrogen and oxygen atoms in total. The van der Waals surface area contributed by atoms with Crippen LogP contribution in [0.1, 0.15) is 18.4 Å². The molecule has 1 aliphatic rings. The van der Waals surface area contributed by atoms with E-state index in [1.807, 2.05) is 0 Å². The highest BCUT2D eigenvalue weighted by molar-refractivity contribution is 5.86. The molecular formula is C14H19ClF2N2O2. The number of nitrogens with two attached hydrogens (primary N) is 1. The fraction of sp³-hybridized carbons (Fsp3) is 0.500. The third-order valence-corrected chi connectivity index (χ3v) is 3.56. The first kappa shape index (κ1) is 17.8. The fourth-order valence-corrected chi connectivity index (χ4v) is 2.21. The zero-order chi connectivity index (χ0) is 14.6. The van der Waals surface area contributed by atoms with Crippen LogP contribution in [0.3, 0.4) is 0 Å². The first-order valence-electron chi connectivity index (χ1n) is 6.61. The van der Waals surface area contributed by atoms with Crippen molar-refractivity contribution in [3.05, 3.63) is 35.4 Å². The summed E-state index contributed by atoms with van der Waals surface area (Å²) in [6.45, 7) is 1.05. The van der Waals surface area contributed by atoms with Gasteiger partial charge in [-0.15, -0.1) is 12.4 Å². The molecule has 1 aliphatic heterocycles. The molecule has 1 fully saturated rings. The molecule has 0 spiro atoms. The third-order valence-electron chi connectivity index (χ3n) is 3.56. The first-order valence-corrected chi connectivity index (χ1v) is 6.61. The summed E-state index contributed by atoms with van der Waals surface area (Å²) in [6.07, 6.45) is 0.997. The van der Waals surface area contributed by atoms with Crippen LogP contribution in [-0.2, 0) is 16.0 Å². The maximum atomic E-state index is 13.4. The van der Waals surface area contributed by atoms with E-state index in [0.717, 1.165) is 0 Å². The molecule has 0 saturated carbocycles. The predicted octanol–water partition coefficient (Wildman–Crippen LogP) is 1.55. The summed E-state index contributed by atoms with van der Waals surface area (Å²) in [4.78, 5) is 12.0. The largest absolute Gasteiger partial charge is 0.381 e. The van der Waals surface area contributed by atoms with Crippen LogP contribution < -0.4 is 11.1 Å². The number of hydrogen-bond donors (Lipinski definition) is 2. The van der Waals surface area contributed by atoms with Crippen molar-refractivity contribution in [3.63, 3.8) is 0 Å². The van der Waals surface area contributed by atoms with Gasteiger partial charge in [0, 0.05) is 25.3 Å². The SMILES string of the molecule is Cl.NC1(C(=O)NCCc2c(F)cccc2F)CCOCC1. The molecule has 0 unspecified atom stereocenters. The highest BCUT2D eigenvalue weighted by Gasteiger charge is 2.35. The molecule has 1 aromatic carbocycles. The van der Waals surface area contributed by atoms with Crippen LogP contribution in [0.2, 0.25) is 0 Å². The second-order valence-electron chi connectivity index (χ2n) is 4.97.